The average molecular weight is 232 g/mol. The monoisotopic (exact) mass is 232 g/mol. The van der Waals surface area contributed by atoms with E-state index in [1.54, 1.807) is 17.5 Å². The molecule has 0 aliphatic carbocycles. The van der Waals surface area contributed by atoms with Gasteiger partial charge in [0.1, 0.15) is 5.82 Å². The second-order valence-electron chi connectivity index (χ2n) is 3.18. The maximum absolute atomic E-state index is 5.69. The predicted octanol–water partition coefficient (Wildman–Crippen LogP) is 1.51. The van der Waals surface area contributed by atoms with E-state index in [-0.39, 0.29) is 0 Å². The molecule has 0 atom stereocenters. The van der Waals surface area contributed by atoms with Crippen LogP contribution in [0, 0.1) is 0 Å². The van der Waals surface area contributed by atoms with Gasteiger partial charge in [0.25, 0.3) is 0 Å². The minimum Gasteiger partial charge on any atom is -0.383 e. The summed E-state index contributed by atoms with van der Waals surface area (Å²) in [6, 6.07) is 3.95. The van der Waals surface area contributed by atoms with E-state index in [2.05, 4.69) is 25.4 Å². The lowest BCUT2D eigenvalue weighted by Gasteiger charge is -1.89. The first kappa shape index (κ1) is 9.10. The largest absolute Gasteiger partial charge is 0.383 e. The Hall–Kier alpha value is -2.15. The van der Waals surface area contributed by atoms with Crippen LogP contribution in [-0.2, 0) is 0 Å². The normalized spacial score (nSPS) is 10.8. The molecule has 0 aromatic carbocycles. The van der Waals surface area contributed by atoms with E-state index in [4.69, 9.17) is 5.73 Å². The van der Waals surface area contributed by atoms with Gasteiger partial charge in [0, 0.05) is 0 Å². The summed E-state index contributed by atoms with van der Waals surface area (Å²) in [7, 11) is 0. The highest BCUT2D eigenvalue weighted by atomic mass is 32.1. The minimum atomic E-state index is 0.469. The van der Waals surface area contributed by atoms with Crippen molar-refractivity contribution in [2.75, 3.05) is 5.73 Å². The summed E-state index contributed by atoms with van der Waals surface area (Å²) >= 11 is 1.60. The van der Waals surface area contributed by atoms with Crippen molar-refractivity contribution in [3.8, 4) is 22.1 Å². The quantitative estimate of drug-likeness (QED) is 0.623. The fourth-order valence-electron chi connectivity index (χ4n) is 1.38. The number of nitrogens with two attached hydrogens (primary N) is 1. The number of hydrogen-bond acceptors (Lipinski definition) is 5. The van der Waals surface area contributed by atoms with Gasteiger partial charge in [-0.2, -0.15) is 10.2 Å². The Labute approximate surface area is 94.5 Å². The zero-order valence-electron chi connectivity index (χ0n) is 8.14. The van der Waals surface area contributed by atoms with Crippen LogP contribution in [0.25, 0.3) is 22.1 Å². The van der Waals surface area contributed by atoms with E-state index in [9.17, 15) is 0 Å². The predicted molar refractivity (Wildman–Crippen MR) is 61.7 cm³/mol. The summed E-state index contributed by atoms with van der Waals surface area (Å²) in [6.07, 6.45) is 1.61. The number of nitrogens with one attached hydrogen (secondary N) is 2. The standard InChI is InChI=1S/C9H8N6S/c10-7-5(4-11-13-7)8-12-9(15-14-8)6-2-1-3-16-6/h1-4H,(H3,10,11,13)(H,12,14,15). The first-order valence-corrected chi connectivity index (χ1v) is 5.48. The van der Waals surface area contributed by atoms with Gasteiger partial charge in [0.15, 0.2) is 11.6 Å². The molecular formula is C9H8N6S. The maximum atomic E-state index is 5.69. The number of nitrogen functional groups attached to an aromatic ring is 1. The van der Waals surface area contributed by atoms with Crippen LogP contribution in [0.5, 0.6) is 0 Å². The molecule has 0 amide bonds. The van der Waals surface area contributed by atoms with Crippen LogP contribution in [0.15, 0.2) is 23.7 Å². The van der Waals surface area contributed by atoms with Crippen LogP contribution in [0.4, 0.5) is 5.82 Å². The zero-order valence-corrected chi connectivity index (χ0v) is 8.95. The van der Waals surface area contributed by atoms with Gasteiger partial charge in [-0.05, 0) is 11.4 Å². The average Bonchev–Trinajstić information content (AvgIpc) is 2.96. The highest BCUT2D eigenvalue weighted by molar-refractivity contribution is 7.13. The molecule has 0 fully saturated rings. The molecule has 0 aliphatic rings. The third-order valence-corrected chi connectivity index (χ3v) is 3.03. The molecule has 0 spiro atoms. The van der Waals surface area contributed by atoms with Crippen molar-refractivity contribution >= 4 is 17.2 Å². The first-order chi connectivity index (χ1) is 7.84. The molecule has 3 rings (SSSR count). The molecule has 0 saturated heterocycles. The Morgan fingerprint density at radius 2 is 2.25 bits per heavy atom. The first-order valence-electron chi connectivity index (χ1n) is 4.60. The van der Waals surface area contributed by atoms with Gasteiger partial charge in [0.2, 0.25) is 0 Å². The van der Waals surface area contributed by atoms with Crippen molar-refractivity contribution in [2.45, 2.75) is 0 Å². The number of aromatic nitrogens is 5. The maximum Gasteiger partial charge on any atom is 0.186 e. The topological polar surface area (TPSA) is 96.3 Å². The van der Waals surface area contributed by atoms with Crippen LogP contribution >= 0.6 is 11.3 Å². The summed E-state index contributed by atoms with van der Waals surface area (Å²) in [4.78, 5) is 5.40. The molecule has 16 heavy (non-hydrogen) atoms. The van der Waals surface area contributed by atoms with E-state index in [1.165, 1.54) is 0 Å². The highest BCUT2D eigenvalue weighted by Gasteiger charge is 2.11. The highest BCUT2D eigenvalue weighted by Crippen LogP contribution is 2.25. The Bertz CT molecular complexity index is 593. The molecule has 6 nitrogen and oxygen atoms in total. The van der Waals surface area contributed by atoms with Crippen molar-refractivity contribution in [1.29, 1.82) is 0 Å². The Morgan fingerprint density at radius 1 is 1.31 bits per heavy atom. The van der Waals surface area contributed by atoms with Crippen molar-refractivity contribution in [3.63, 3.8) is 0 Å². The number of rotatable bonds is 2. The van der Waals surface area contributed by atoms with Crippen molar-refractivity contribution in [2.24, 2.45) is 0 Å². The number of nitrogens with zero attached hydrogens (tertiary/aromatic N) is 3. The van der Waals surface area contributed by atoms with Gasteiger partial charge in [-0.15, -0.1) is 11.3 Å². The van der Waals surface area contributed by atoms with Gasteiger partial charge in [-0.25, -0.2) is 4.98 Å². The lowest BCUT2D eigenvalue weighted by atomic mass is 10.3. The lowest BCUT2D eigenvalue weighted by Crippen LogP contribution is -1.88. The molecular weight excluding hydrogens is 224 g/mol. The van der Waals surface area contributed by atoms with Crippen LogP contribution in [-0.4, -0.2) is 25.4 Å². The van der Waals surface area contributed by atoms with Gasteiger partial charge in [0.05, 0.1) is 16.6 Å². The molecule has 0 bridgehead atoms. The smallest absolute Gasteiger partial charge is 0.186 e. The molecule has 3 aromatic rings. The molecule has 0 aliphatic heterocycles. The van der Waals surface area contributed by atoms with Gasteiger partial charge >= 0.3 is 0 Å². The SMILES string of the molecule is Nc1[nH]ncc1-c1n[nH]c(-c2cccs2)n1. The van der Waals surface area contributed by atoms with E-state index in [0.717, 1.165) is 10.7 Å². The second kappa shape index (κ2) is 3.46. The summed E-state index contributed by atoms with van der Waals surface area (Å²) in [5, 5.41) is 15.4. The lowest BCUT2D eigenvalue weighted by molar-refractivity contribution is 1.10. The fraction of sp³-hybridized carbons (Fsp3) is 0. The summed E-state index contributed by atoms with van der Waals surface area (Å²) in [6.45, 7) is 0. The minimum absolute atomic E-state index is 0.469. The molecule has 0 saturated carbocycles. The van der Waals surface area contributed by atoms with Crippen LogP contribution in [0.2, 0.25) is 0 Å². The summed E-state index contributed by atoms with van der Waals surface area (Å²) in [5.41, 5.74) is 6.40. The number of thiophene rings is 1. The molecule has 80 valence electrons. The molecule has 0 unspecified atom stereocenters. The Morgan fingerprint density at radius 3 is 2.94 bits per heavy atom. The zero-order chi connectivity index (χ0) is 11.0. The fourth-order valence-corrected chi connectivity index (χ4v) is 2.04. The number of hydrogen-bond donors (Lipinski definition) is 3. The number of H-pyrrole nitrogens is 2. The van der Waals surface area contributed by atoms with E-state index in [1.807, 2.05) is 17.5 Å². The van der Waals surface area contributed by atoms with E-state index >= 15 is 0 Å². The summed E-state index contributed by atoms with van der Waals surface area (Å²) < 4.78 is 0. The van der Waals surface area contributed by atoms with E-state index in [0.29, 0.717) is 17.2 Å². The third kappa shape index (κ3) is 1.38. The van der Waals surface area contributed by atoms with Crippen molar-refractivity contribution in [3.05, 3.63) is 23.7 Å². The van der Waals surface area contributed by atoms with Crippen LogP contribution in [0.1, 0.15) is 0 Å². The van der Waals surface area contributed by atoms with E-state index < -0.39 is 0 Å². The molecule has 0 radical (unpaired) electrons. The van der Waals surface area contributed by atoms with Crippen LogP contribution in [0.3, 0.4) is 0 Å². The van der Waals surface area contributed by atoms with Crippen molar-refractivity contribution < 1.29 is 0 Å². The summed E-state index contributed by atoms with van der Waals surface area (Å²) in [5.74, 6) is 1.76. The van der Waals surface area contributed by atoms with Gasteiger partial charge in [-0.1, -0.05) is 6.07 Å². The number of anilines is 1. The molecule has 4 N–H and O–H groups in total. The second-order valence-corrected chi connectivity index (χ2v) is 4.13. The van der Waals surface area contributed by atoms with Gasteiger partial charge < -0.3 is 5.73 Å². The Kier molecular flexibility index (Phi) is 1.97. The molecule has 3 heterocycles. The number of aromatic amines is 2. The van der Waals surface area contributed by atoms with Crippen LogP contribution < -0.4 is 5.73 Å². The Balaban J connectivity index is 2.03. The van der Waals surface area contributed by atoms with Crippen molar-refractivity contribution in [1.82, 2.24) is 25.4 Å². The molecule has 7 heteroatoms. The third-order valence-electron chi connectivity index (χ3n) is 2.15. The van der Waals surface area contributed by atoms with Gasteiger partial charge in [-0.3, -0.25) is 10.2 Å². The molecule has 3 aromatic heterocycles.